The first-order valence-electron chi connectivity index (χ1n) is 3.89. The highest BCUT2D eigenvalue weighted by atomic mass is 16.4. The Labute approximate surface area is 70.1 Å². The van der Waals surface area contributed by atoms with Gasteiger partial charge in [0.25, 0.3) is 0 Å². The van der Waals surface area contributed by atoms with Crippen LogP contribution in [0, 0.1) is 0 Å². The van der Waals surface area contributed by atoms with Crippen LogP contribution in [0.15, 0.2) is 24.4 Å². The van der Waals surface area contributed by atoms with E-state index >= 15 is 0 Å². The van der Waals surface area contributed by atoms with E-state index in [0.29, 0.717) is 6.42 Å². The smallest absolute Gasteiger partial charge is 0.322 e. The first-order valence-corrected chi connectivity index (χ1v) is 3.89. The van der Waals surface area contributed by atoms with Crippen LogP contribution >= 0.6 is 0 Å². The van der Waals surface area contributed by atoms with Crippen LogP contribution in [-0.2, 0) is 4.79 Å². The Hall–Kier alpha value is -1.29. The number of carbonyl (C=O) groups is 1. The van der Waals surface area contributed by atoms with Gasteiger partial charge in [0, 0.05) is 12.6 Å². The predicted octanol–water partition coefficient (Wildman–Crippen LogP) is 0.102. The van der Waals surface area contributed by atoms with E-state index in [4.69, 9.17) is 5.11 Å². The molecule has 0 amide bonds. The highest BCUT2D eigenvalue weighted by Crippen LogP contribution is 2.18. The fourth-order valence-electron chi connectivity index (χ4n) is 1.50. The topological polar surface area (TPSA) is 52.6 Å². The molecule has 4 heteroatoms. The van der Waals surface area contributed by atoms with Gasteiger partial charge in [0.05, 0.1) is 6.04 Å². The van der Waals surface area contributed by atoms with Crippen molar-refractivity contribution in [2.45, 2.75) is 18.5 Å². The number of hydrazine groups is 1. The molecule has 0 bridgehead atoms. The van der Waals surface area contributed by atoms with Gasteiger partial charge >= 0.3 is 5.97 Å². The van der Waals surface area contributed by atoms with Gasteiger partial charge in [0.15, 0.2) is 0 Å². The zero-order valence-electron chi connectivity index (χ0n) is 6.47. The molecule has 0 spiro atoms. The molecular formula is C8H10N2O2. The first kappa shape index (κ1) is 7.36. The molecule has 0 aromatic rings. The number of carboxylic acid groups (broad SMARTS) is 1. The summed E-state index contributed by atoms with van der Waals surface area (Å²) < 4.78 is 0. The van der Waals surface area contributed by atoms with Crippen molar-refractivity contribution in [1.82, 2.24) is 10.4 Å². The lowest BCUT2D eigenvalue weighted by molar-refractivity contribution is -0.139. The molecule has 4 nitrogen and oxygen atoms in total. The Bertz CT molecular complexity index is 240. The standard InChI is InChI=1S/C8H10N2O2/c11-8(12)7-5-6-3-1-2-4-10(6)9-7/h1-4,6-7,9H,5H2,(H,11,12). The molecule has 0 saturated carbocycles. The average Bonchev–Trinajstić information content (AvgIpc) is 2.46. The Morgan fingerprint density at radius 3 is 3.08 bits per heavy atom. The molecule has 2 unspecified atom stereocenters. The maximum atomic E-state index is 10.6. The molecule has 64 valence electrons. The second kappa shape index (κ2) is 2.64. The molecule has 2 rings (SSSR count). The molecule has 2 N–H and O–H groups in total. The van der Waals surface area contributed by atoms with Crippen LogP contribution in [0.4, 0.5) is 0 Å². The van der Waals surface area contributed by atoms with Crippen molar-refractivity contribution in [3.63, 3.8) is 0 Å². The van der Waals surface area contributed by atoms with Crippen molar-refractivity contribution in [2.24, 2.45) is 0 Å². The van der Waals surface area contributed by atoms with Crippen molar-refractivity contribution in [3.8, 4) is 0 Å². The van der Waals surface area contributed by atoms with Gasteiger partial charge in [0.1, 0.15) is 6.04 Å². The summed E-state index contributed by atoms with van der Waals surface area (Å²) in [6.45, 7) is 0. The van der Waals surface area contributed by atoms with E-state index in [1.807, 2.05) is 29.4 Å². The van der Waals surface area contributed by atoms with Crippen LogP contribution in [0.3, 0.4) is 0 Å². The minimum atomic E-state index is -0.786. The number of nitrogens with zero attached hydrogens (tertiary/aromatic N) is 1. The maximum absolute atomic E-state index is 10.6. The van der Waals surface area contributed by atoms with Gasteiger partial charge in [-0.3, -0.25) is 4.79 Å². The minimum Gasteiger partial charge on any atom is -0.480 e. The molecule has 2 aliphatic heterocycles. The lowest BCUT2D eigenvalue weighted by Crippen LogP contribution is -2.38. The van der Waals surface area contributed by atoms with Crippen LogP contribution in [0.2, 0.25) is 0 Å². The predicted molar refractivity (Wildman–Crippen MR) is 43.1 cm³/mol. The van der Waals surface area contributed by atoms with E-state index in [-0.39, 0.29) is 6.04 Å². The van der Waals surface area contributed by atoms with Crippen LogP contribution in [0.5, 0.6) is 0 Å². The van der Waals surface area contributed by atoms with Crippen LogP contribution < -0.4 is 5.43 Å². The quantitative estimate of drug-likeness (QED) is 0.580. The molecular weight excluding hydrogens is 156 g/mol. The van der Waals surface area contributed by atoms with Crippen molar-refractivity contribution in [1.29, 1.82) is 0 Å². The molecule has 0 aromatic carbocycles. The number of hydrogen-bond donors (Lipinski definition) is 2. The second-order valence-corrected chi connectivity index (χ2v) is 2.96. The third-order valence-electron chi connectivity index (χ3n) is 2.13. The van der Waals surface area contributed by atoms with Gasteiger partial charge < -0.3 is 10.1 Å². The third-order valence-corrected chi connectivity index (χ3v) is 2.13. The van der Waals surface area contributed by atoms with E-state index in [2.05, 4.69) is 5.43 Å². The Morgan fingerprint density at radius 2 is 2.42 bits per heavy atom. The number of carboxylic acids is 1. The summed E-state index contributed by atoms with van der Waals surface area (Å²) >= 11 is 0. The van der Waals surface area contributed by atoms with E-state index in [1.54, 1.807) is 0 Å². The summed E-state index contributed by atoms with van der Waals surface area (Å²) in [5, 5.41) is 10.6. The zero-order chi connectivity index (χ0) is 8.55. The lowest BCUT2D eigenvalue weighted by atomic mass is 10.1. The summed E-state index contributed by atoms with van der Waals surface area (Å²) in [6, 6.07) is -0.238. The minimum absolute atomic E-state index is 0.205. The monoisotopic (exact) mass is 166 g/mol. The number of rotatable bonds is 1. The number of fused-ring (bicyclic) bond motifs is 1. The molecule has 2 atom stereocenters. The molecule has 0 aromatic heterocycles. The molecule has 12 heavy (non-hydrogen) atoms. The van der Waals surface area contributed by atoms with Crippen LogP contribution in [0.25, 0.3) is 0 Å². The molecule has 1 saturated heterocycles. The second-order valence-electron chi connectivity index (χ2n) is 2.96. The fourth-order valence-corrected chi connectivity index (χ4v) is 1.50. The molecule has 0 radical (unpaired) electrons. The van der Waals surface area contributed by atoms with Gasteiger partial charge in [-0.2, -0.15) is 0 Å². The maximum Gasteiger partial charge on any atom is 0.322 e. The van der Waals surface area contributed by atoms with Crippen LogP contribution in [0.1, 0.15) is 6.42 Å². The summed E-state index contributed by atoms with van der Waals surface area (Å²) in [5.41, 5.74) is 2.89. The lowest BCUT2D eigenvalue weighted by Gasteiger charge is -2.21. The largest absolute Gasteiger partial charge is 0.480 e. The Morgan fingerprint density at radius 1 is 1.58 bits per heavy atom. The summed E-state index contributed by atoms with van der Waals surface area (Å²) in [7, 11) is 0. The summed E-state index contributed by atoms with van der Waals surface area (Å²) in [4.78, 5) is 10.6. The Balaban J connectivity index is 2.10. The fraction of sp³-hybridized carbons (Fsp3) is 0.375. The summed E-state index contributed by atoms with van der Waals surface area (Å²) in [6.07, 6.45) is 8.31. The number of hydrogen-bond acceptors (Lipinski definition) is 3. The van der Waals surface area contributed by atoms with Gasteiger partial charge in [-0.05, 0) is 6.08 Å². The van der Waals surface area contributed by atoms with Gasteiger partial charge in [-0.15, -0.1) is 0 Å². The molecule has 2 aliphatic rings. The molecule has 1 fully saturated rings. The van der Waals surface area contributed by atoms with Crippen molar-refractivity contribution in [2.75, 3.05) is 0 Å². The highest BCUT2D eigenvalue weighted by molar-refractivity contribution is 5.74. The van der Waals surface area contributed by atoms with E-state index in [0.717, 1.165) is 0 Å². The van der Waals surface area contributed by atoms with E-state index in [1.165, 1.54) is 0 Å². The molecule has 0 aliphatic carbocycles. The van der Waals surface area contributed by atoms with Gasteiger partial charge in [-0.1, -0.05) is 12.2 Å². The number of aliphatic carboxylic acids is 1. The van der Waals surface area contributed by atoms with Crippen LogP contribution in [-0.4, -0.2) is 28.2 Å². The Kier molecular flexibility index (Phi) is 1.62. The zero-order valence-corrected chi connectivity index (χ0v) is 6.47. The SMILES string of the molecule is O=C(O)C1CC2C=CC=CN2N1. The van der Waals surface area contributed by atoms with E-state index < -0.39 is 12.0 Å². The average molecular weight is 166 g/mol. The third kappa shape index (κ3) is 1.10. The number of nitrogens with one attached hydrogen (secondary N) is 1. The number of allylic oxidation sites excluding steroid dienone is 2. The molecule has 2 heterocycles. The first-order chi connectivity index (χ1) is 5.77. The summed E-state index contributed by atoms with van der Waals surface area (Å²) in [5.74, 6) is -0.786. The van der Waals surface area contributed by atoms with Crippen molar-refractivity contribution >= 4 is 5.97 Å². The van der Waals surface area contributed by atoms with Crippen molar-refractivity contribution < 1.29 is 9.90 Å². The van der Waals surface area contributed by atoms with Crippen molar-refractivity contribution in [3.05, 3.63) is 24.4 Å². The highest BCUT2D eigenvalue weighted by Gasteiger charge is 2.33. The van der Waals surface area contributed by atoms with Gasteiger partial charge in [0.2, 0.25) is 0 Å². The normalized spacial score (nSPS) is 32.2. The van der Waals surface area contributed by atoms with Gasteiger partial charge in [-0.25, -0.2) is 5.43 Å². The van der Waals surface area contributed by atoms with E-state index in [9.17, 15) is 4.79 Å².